The summed E-state index contributed by atoms with van der Waals surface area (Å²) < 4.78 is 0. The van der Waals surface area contributed by atoms with Crippen molar-refractivity contribution in [2.75, 3.05) is 6.54 Å². The zero-order valence-electron chi connectivity index (χ0n) is 8.11. The highest BCUT2D eigenvalue weighted by Gasteiger charge is 2.30. The molecule has 1 rings (SSSR count). The lowest BCUT2D eigenvalue weighted by atomic mass is 9.78. The predicted octanol–water partition coefficient (Wildman–Crippen LogP) is 2.56. The van der Waals surface area contributed by atoms with E-state index >= 15 is 0 Å². The average molecular weight is 155 g/mol. The molecule has 11 heavy (non-hydrogen) atoms. The third kappa shape index (κ3) is 2.48. The van der Waals surface area contributed by atoms with Crippen LogP contribution in [0.25, 0.3) is 0 Å². The van der Waals surface area contributed by atoms with E-state index in [1.807, 2.05) is 0 Å². The van der Waals surface area contributed by atoms with E-state index in [4.69, 9.17) is 0 Å². The molecule has 0 amide bonds. The molecular formula is C10H21N. The van der Waals surface area contributed by atoms with Gasteiger partial charge in [0, 0.05) is 5.54 Å². The van der Waals surface area contributed by atoms with Gasteiger partial charge in [0.05, 0.1) is 0 Å². The summed E-state index contributed by atoms with van der Waals surface area (Å²) in [6.07, 6.45) is 5.47. The normalized spacial score (nSPS) is 24.3. The number of hydrogen-bond donors (Lipinski definition) is 1. The van der Waals surface area contributed by atoms with E-state index < -0.39 is 0 Å². The minimum atomic E-state index is 0.503. The van der Waals surface area contributed by atoms with Crippen molar-refractivity contribution in [3.63, 3.8) is 0 Å². The smallest absolute Gasteiger partial charge is 0.0153 e. The fourth-order valence-corrected chi connectivity index (χ4v) is 1.45. The van der Waals surface area contributed by atoms with E-state index in [0.717, 1.165) is 5.92 Å². The Morgan fingerprint density at radius 1 is 1.45 bits per heavy atom. The third-order valence-electron chi connectivity index (χ3n) is 3.03. The summed E-state index contributed by atoms with van der Waals surface area (Å²) in [7, 11) is 0. The molecule has 0 spiro atoms. The Balaban J connectivity index is 2.11. The highest BCUT2D eigenvalue weighted by molar-refractivity contribution is 4.91. The largest absolute Gasteiger partial charge is 0.311 e. The van der Waals surface area contributed by atoms with Crippen LogP contribution >= 0.6 is 0 Å². The van der Waals surface area contributed by atoms with Gasteiger partial charge in [-0.1, -0.05) is 20.3 Å². The lowest BCUT2D eigenvalue weighted by Crippen LogP contribution is -2.49. The van der Waals surface area contributed by atoms with Crippen molar-refractivity contribution in [1.82, 2.24) is 5.32 Å². The number of hydrogen-bond acceptors (Lipinski definition) is 1. The summed E-state index contributed by atoms with van der Waals surface area (Å²) in [5.41, 5.74) is 0.503. The maximum atomic E-state index is 3.65. The van der Waals surface area contributed by atoms with Gasteiger partial charge < -0.3 is 5.32 Å². The minimum Gasteiger partial charge on any atom is -0.311 e. The van der Waals surface area contributed by atoms with Crippen LogP contribution in [0.15, 0.2) is 0 Å². The van der Waals surface area contributed by atoms with Gasteiger partial charge in [-0.15, -0.1) is 0 Å². The number of rotatable bonds is 4. The van der Waals surface area contributed by atoms with Gasteiger partial charge in [-0.05, 0) is 38.6 Å². The van der Waals surface area contributed by atoms with Gasteiger partial charge in [-0.25, -0.2) is 0 Å². The second-order valence-corrected chi connectivity index (χ2v) is 4.31. The molecule has 0 radical (unpaired) electrons. The average Bonchev–Trinajstić information content (AvgIpc) is 1.96. The zero-order chi connectivity index (χ0) is 8.32. The monoisotopic (exact) mass is 155 g/mol. The molecule has 0 aromatic heterocycles. The quantitative estimate of drug-likeness (QED) is 0.658. The van der Waals surface area contributed by atoms with E-state index in [1.165, 1.54) is 32.2 Å². The molecule has 1 heteroatoms. The molecule has 1 aliphatic rings. The van der Waals surface area contributed by atoms with Crippen LogP contribution in [0.2, 0.25) is 0 Å². The van der Waals surface area contributed by atoms with Gasteiger partial charge in [-0.2, -0.15) is 0 Å². The van der Waals surface area contributed by atoms with E-state index in [9.17, 15) is 0 Å². The molecule has 0 bridgehead atoms. The lowest BCUT2D eigenvalue weighted by molar-refractivity contribution is 0.199. The Morgan fingerprint density at radius 3 is 2.45 bits per heavy atom. The van der Waals surface area contributed by atoms with Crippen LogP contribution in [0.1, 0.15) is 46.5 Å². The van der Waals surface area contributed by atoms with Gasteiger partial charge in [0.1, 0.15) is 0 Å². The summed E-state index contributed by atoms with van der Waals surface area (Å²) >= 11 is 0. The molecule has 1 N–H and O–H groups in total. The van der Waals surface area contributed by atoms with Crippen LogP contribution < -0.4 is 5.32 Å². The van der Waals surface area contributed by atoms with Gasteiger partial charge in [-0.3, -0.25) is 0 Å². The Kier molecular flexibility index (Phi) is 2.94. The molecular weight excluding hydrogens is 134 g/mol. The van der Waals surface area contributed by atoms with Crippen molar-refractivity contribution in [1.29, 1.82) is 0 Å². The molecule has 1 saturated carbocycles. The summed E-state index contributed by atoms with van der Waals surface area (Å²) in [6.45, 7) is 8.12. The van der Waals surface area contributed by atoms with Crippen molar-refractivity contribution in [2.24, 2.45) is 5.92 Å². The van der Waals surface area contributed by atoms with Crippen LogP contribution in [0.3, 0.4) is 0 Å². The van der Waals surface area contributed by atoms with Crippen molar-refractivity contribution in [3.05, 3.63) is 0 Å². The molecule has 1 aliphatic carbocycles. The van der Waals surface area contributed by atoms with Crippen LogP contribution in [0.5, 0.6) is 0 Å². The fourth-order valence-electron chi connectivity index (χ4n) is 1.45. The highest BCUT2D eigenvalue weighted by Crippen LogP contribution is 2.30. The molecule has 0 aliphatic heterocycles. The van der Waals surface area contributed by atoms with Gasteiger partial charge in [0.15, 0.2) is 0 Å². The minimum absolute atomic E-state index is 0.503. The van der Waals surface area contributed by atoms with E-state index in [0.29, 0.717) is 5.54 Å². The van der Waals surface area contributed by atoms with E-state index in [2.05, 4.69) is 26.1 Å². The maximum absolute atomic E-state index is 3.65. The summed E-state index contributed by atoms with van der Waals surface area (Å²) in [4.78, 5) is 0. The summed E-state index contributed by atoms with van der Waals surface area (Å²) in [6, 6.07) is 0. The molecule has 1 nitrogen and oxygen atoms in total. The topological polar surface area (TPSA) is 12.0 Å². The van der Waals surface area contributed by atoms with Crippen LogP contribution in [0, 0.1) is 5.92 Å². The first-order valence-electron chi connectivity index (χ1n) is 4.91. The molecule has 0 aromatic carbocycles. The lowest BCUT2D eigenvalue weighted by Gasteiger charge is -2.40. The predicted molar refractivity (Wildman–Crippen MR) is 49.7 cm³/mol. The first-order valence-corrected chi connectivity index (χ1v) is 4.91. The molecule has 0 aromatic rings. The molecule has 1 fully saturated rings. The molecule has 0 heterocycles. The van der Waals surface area contributed by atoms with Crippen molar-refractivity contribution >= 4 is 0 Å². The van der Waals surface area contributed by atoms with Crippen LogP contribution in [-0.4, -0.2) is 12.1 Å². The van der Waals surface area contributed by atoms with E-state index in [-0.39, 0.29) is 0 Å². The molecule has 1 atom stereocenters. The highest BCUT2D eigenvalue weighted by atomic mass is 15.0. The SMILES string of the molecule is CCC(C)CNC1(C)CCC1. The Hall–Kier alpha value is -0.0400. The number of nitrogens with one attached hydrogen (secondary N) is 1. The second kappa shape index (κ2) is 3.57. The second-order valence-electron chi connectivity index (χ2n) is 4.31. The van der Waals surface area contributed by atoms with Gasteiger partial charge in [0.25, 0.3) is 0 Å². The third-order valence-corrected chi connectivity index (χ3v) is 3.03. The standard InChI is InChI=1S/C10H21N/c1-4-9(2)8-11-10(3)6-5-7-10/h9,11H,4-8H2,1-3H3. The molecule has 1 unspecified atom stereocenters. The summed E-state index contributed by atoms with van der Waals surface area (Å²) in [5.74, 6) is 0.840. The fraction of sp³-hybridized carbons (Fsp3) is 1.00. The van der Waals surface area contributed by atoms with Gasteiger partial charge in [0.2, 0.25) is 0 Å². The first kappa shape index (κ1) is 9.05. The van der Waals surface area contributed by atoms with E-state index in [1.54, 1.807) is 0 Å². The zero-order valence-corrected chi connectivity index (χ0v) is 8.11. The van der Waals surface area contributed by atoms with Crippen molar-refractivity contribution < 1.29 is 0 Å². The van der Waals surface area contributed by atoms with Gasteiger partial charge >= 0.3 is 0 Å². The van der Waals surface area contributed by atoms with Crippen LogP contribution in [0.4, 0.5) is 0 Å². The molecule has 0 saturated heterocycles. The van der Waals surface area contributed by atoms with Crippen molar-refractivity contribution in [2.45, 2.75) is 52.0 Å². The van der Waals surface area contributed by atoms with Crippen molar-refractivity contribution in [3.8, 4) is 0 Å². The Morgan fingerprint density at radius 2 is 2.09 bits per heavy atom. The van der Waals surface area contributed by atoms with Crippen LogP contribution in [-0.2, 0) is 0 Å². The Labute approximate surface area is 70.6 Å². The first-order chi connectivity index (χ1) is 5.16. The maximum Gasteiger partial charge on any atom is 0.0153 e. The summed E-state index contributed by atoms with van der Waals surface area (Å²) in [5, 5.41) is 3.65. The molecule has 66 valence electrons. The Bertz CT molecular complexity index is 116.